The molecule has 0 unspecified atom stereocenters. The number of nitrogen functional groups attached to an aromatic ring is 2. The maximum Gasteiger partial charge on any atom is 2.00 e. The second kappa shape index (κ2) is 8.52. The topological polar surface area (TPSA) is 173 Å². The Balaban J connectivity index is 0.000000403. The molecule has 1 radical (unpaired) electrons. The number of carboxylic acid groups (broad SMARTS) is 2. The molecular formula is C14H12CuN2O6. The molecule has 23 heavy (non-hydrogen) atoms. The van der Waals surface area contributed by atoms with Crippen molar-refractivity contribution in [2.45, 2.75) is 0 Å². The van der Waals surface area contributed by atoms with Crippen LogP contribution < -0.4 is 21.7 Å². The van der Waals surface area contributed by atoms with Crippen LogP contribution in [-0.4, -0.2) is 22.2 Å². The van der Waals surface area contributed by atoms with Crippen LogP contribution in [0.1, 0.15) is 20.7 Å². The number of phenols is 2. The van der Waals surface area contributed by atoms with E-state index in [1.807, 2.05) is 0 Å². The Morgan fingerprint density at radius 2 is 1.09 bits per heavy atom. The third kappa shape index (κ3) is 5.77. The van der Waals surface area contributed by atoms with Crippen molar-refractivity contribution in [3.8, 4) is 11.5 Å². The van der Waals surface area contributed by atoms with Crippen molar-refractivity contribution < 1.29 is 47.1 Å². The summed E-state index contributed by atoms with van der Waals surface area (Å²) in [6.07, 6.45) is 0. The average Bonchev–Trinajstić information content (AvgIpc) is 2.38. The quantitative estimate of drug-likeness (QED) is 0.373. The molecule has 0 heterocycles. The van der Waals surface area contributed by atoms with Crippen LogP contribution in [0.5, 0.6) is 11.5 Å². The van der Waals surface area contributed by atoms with Crippen molar-refractivity contribution in [2.75, 3.05) is 11.5 Å². The third-order valence-electron chi connectivity index (χ3n) is 2.48. The van der Waals surface area contributed by atoms with E-state index in [0.29, 0.717) is 11.4 Å². The largest absolute Gasteiger partial charge is 2.00 e. The smallest absolute Gasteiger partial charge is 0.545 e. The van der Waals surface area contributed by atoms with Crippen LogP contribution in [0.25, 0.3) is 0 Å². The van der Waals surface area contributed by atoms with Crippen molar-refractivity contribution in [3.05, 3.63) is 47.5 Å². The number of carboxylic acids is 2. The Kier molecular flexibility index (Phi) is 7.45. The maximum atomic E-state index is 10.2. The molecule has 9 heteroatoms. The zero-order chi connectivity index (χ0) is 16.9. The number of anilines is 2. The van der Waals surface area contributed by atoms with Crippen molar-refractivity contribution in [1.82, 2.24) is 0 Å². The third-order valence-corrected chi connectivity index (χ3v) is 2.48. The number of carbonyl (C=O) groups excluding carboxylic acids is 2. The van der Waals surface area contributed by atoms with Gasteiger partial charge in [0.2, 0.25) is 0 Å². The Morgan fingerprint density at radius 1 is 0.783 bits per heavy atom. The molecule has 0 bridgehead atoms. The Labute approximate surface area is 141 Å². The summed E-state index contributed by atoms with van der Waals surface area (Å²) < 4.78 is 0. The molecule has 8 nitrogen and oxygen atoms in total. The fourth-order valence-electron chi connectivity index (χ4n) is 1.44. The molecule has 125 valence electrons. The van der Waals surface area contributed by atoms with Crippen LogP contribution in [0.15, 0.2) is 36.4 Å². The fourth-order valence-corrected chi connectivity index (χ4v) is 1.44. The average molecular weight is 368 g/mol. The first-order valence-corrected chi connectivity index (χ1v) is 5.82. The second-order valence-electron chi connectivity index (χ2n) is 4.13. The van der Waals surface area contributed by atoms with E-state index in [1.54, 1.807) is 0 Å². The van der Waals surface area contributed by atoms with Gasteiger partial charge in [0.1, 0.15) is 11.5 Å². The Morgan fingerprint density at radius 3 is 1.30 bits per heavy atom. The number of carbonyl (C=O) groups is 2. The first-order chi connectivity index (χ1) is 10.2. The van der Waals surface area contributed by atoms with E-state index >= 15 is 0 Å². The van der Waals surface area contributed by atoms with Crippen molar-refractivity contribution in [3.63, 3.8) is 0 Å². The number of rotatable bonds is 2. The molecule has 0 aromatic heterocycles. The Bertz CT molecular complexity index is 659. The van der Waals surface area contributed by atoms with Gasteiger partial charge in [0.05, 0.1) is 11.9 Å². The summed E-state index contributed by atoms with van der Waals surface area (Å²) >= 11 is 0. The summed E-state index contributed by atoms with van der Waals surface area (Å²) in [5, 5.41) is 38.4. The van der Waals surface area contributed by atoms with Gasteiger partial charge >= 0.3 is 17.1 Å². The van der Waals surface area contributed by atoms with Crippen molar-refractivity contribution >= 4 is 23.3 Å². The van der Waals surface area contributed by atoms with Gasteiger partial charge in [-0.05, 0) is 24.3 Å². The van der Waals surface area contributed by atoms with Crippen LogP contribution in [0.2, 0.25) is 0 Å². The summed E-state index contributed by atoms with van der Waals surface area (Å²) in [5.41, 5.74) is 10.6. The minimum atomic E-state index is -1.41. The van der Waals surface area contributed by atoms with E-state index in [0.717, 1.165) is 12.1 Å². The van der Waals surface area contributed by atoms with Crippen LogP contribution >= 0.6 is 0 Å². The van der Waals surface area contributed by atoms with Crippen LogP contribution in [0, 0.1) is 0 Å². The van der Waals surface area contributed by atoms with Gasteiger partial charge in [-0.3, -0.25) is 0 Å². The first kappa shape index (κ1) is 20.1. The van der Waals surface area contributed by atoms with E-state index in [1.165, 1.54) is 24.3 Å². The van der Waals surface area contributed by atoms with E-state index in [2.05, 4.69) is 0 Å². The number of aromatic hydroxyl groups is 2. The van der Waals surface area contributed by atoms with Crippen LogP contribution in [0.3, 0.4) is 0 Å². The summed E-state index contributed by atoms with van der Waals surface area (Å²) in [6, 6.07) is 7.46. The van der Waals surface area contributed by atoms with Gasteiger partial charge in [-0.2, -0.15) is 0 Å². The number of nitrogens with two attached hydrogens (primary N) is 2. The Hall–Kier alpha value is -2.90. The van der Waals surface area contributed by atoms with Crippen LogP contribution in [0.4, 0.5) is 11.4 Å². The second-order valence-corrected chi connectivity index (χ2v) is 4.13. The fraction of sp³-hybridized carbons (Fsp3) is 0. The van der Waals surface area contributed by atoms with E-state index in [-0.39, 0.29) is 39.7 Å². The molecular weight excluding hydrogens is 356 g/mol. The summed E-state index contributed by atoms with van der Waals surface area (Å²) in [4.78, 5) is 20.4. The summed E-state index contributed by atoms with van der Waals surface area (Å²) in [6.45, 7) is 0. The number of hydrogen-bond acceptors (Lipinski definition) is 8. The molecule has 0 spiro atoms. The van der Waals surface area contributed by atoms with E-state index < -0.39 is 11.9 Å². The normalized spacial score (nSPS) is 9.04. The SMILES string of the molecule is Nc1ccc(C(=O)[O-])c(O)c1.Nc1ccc(C(=O)[O-])c(O)c1.[Cu+2]. The zero-order valence-electron chi connectivity index (χ0n) is 11.4. The van der Waals surface area contributed by atoms with Gasteiger partial charge in [0, 0.05) is 34.6 Å². The molecule has 0 aliphatic heterocycles. The molecule has 0 aliphatic carbocycles. The number of benzene rings is 2. The number of hydrogen-bond donors (Lipinski definition) is 4. The van der Waals surface area contributed by atoms with Crippen LogP contribution in [-0.2, 0) is 17.1 Å². The van der Waals surface area contributed by atoms with Gasteiger partial charge in [-0.15, -0.1) is 0 Å². The van der Waals surface area contributed by atoms with E-state index in [4.69, 9.17) is 21.7 Å². The predicted octanol–water partition coefficient (Wildman–Crippen LogP) is -1.33. The van der Waals surface area contributed by atoms with Gasteiger partial charge in [-0.25, -0.2) is 0 Å². The van der Waals surface area contributed by atoms with Gasteiger partial charge in [0.15, 0.2) is 0 Å². The molecule has 0 amide bonds. The molecule has 0 fully saturated rings. The standard InChI is InChI=1S/2C7H7NO3.Cu/c2*8-4-1-2-5(7(10)11)6(9)3-4;/h2*1-3,9H,8H2,(H,10,11);/q;;+2/p-2. The molecule has 2 aromatic carbocycles. The summed E-state index contributed by atoms with van der Waals surface area (Å²) in [7, 11) is 0. The van der Waals surface area contributed by atoms with Gasteiger partial charge < -0.3 is 41.5 Å². The van der Waals surface area contributed by atoms with E-state index in [9.17, 15) is 19.8 Å². The molecule has 0 saturated carbocycles. The molecule has 6 N–H and O–H groups in total. The molecule has 2 rings (SSSR count). The molecule has 0 atom stereocenters. The maximum absolute atomic E-state index is 10.2. The van der Waals surface area contributed by atoms with Crippen molar-refractivity contribution in [1.29, 1.82) is 0 Å². The molecule has 0 saturated heterocycles. The minimum Gasteiger partial charge on any atom is -0.545 e. The minimum absolute atomic E-state index is 0. The monoisotopic (exact) mass is 367 g/mol. The zero-order valence-corrected chi connectivity index (χ0v) is 12.4. The van der Waals surface area contributed by atoms with Gasteiger partial charge in [0.25, 0.3) is 0 Å². The number of aromatic carboxylic acids is 2. The predicted molar refractivity (Wildman–Crippen MR) is 73.7 cm³/mol. The molecule has 2 aromatic rings. The summed E-state index contributed by atoms with van der Waals surface area (Å²) in [5.74, 6) is -3.57. The first-order valence-electron chi connectivity index (χ1n) is 5.82. The van der Waals surface area contributed by atoms with Crippen molar-refractivity contribution in [2.24, 2.45) is 0 Å². The van der Waals surface area contributed by atoms with Gasteiger partial charge in [-0.1, -0.05) is 0 Å². The molecule has 0 aliphatic rings.